The molecule has 8 heteroatoms. The van der Waals surface area contributed by atoms with Crippen LogP contribution in [0.5, 0.6) is 5.75 Å². The number of benzene rings is 2. The largest absolute Gasteiger partial charge is 0.497 e. The highest BCUT2D eigenvalue weighted by Crippen LogP contribution is 2.38. The molecule has 2 aromatic carbocycles. The number of halogens is 1. The van der Waals surface area contributed by atoms with Crippen molar-refractivity contribution in [1.29, 1.82) is 0 Å². The average Bonchev–Trinajstić information content (AvgIpc) is 3.24. The summed E-state index contributed by atoms with van der Waals surface area (Å²) in [5.74, 6) is -0.0612. The number of nitrogens with one attached hydrogen (secondary N) is 1. The van der Waals surface area contributed by atoms with Crippen molar-refractivity contribution in [3.63, 3.8) is 0 Å². The van der Waals surface area contributed by atoms with Gasteiger partial charge < -0.3 is 14.0 Å². The molecule has 0 bridgehead atoms. The first-order valence-electron chi connectivity index (χ1n) is 9.74. The van der Waals surface area contributed by atoms with E-state index in [1.807, 2.05) is 0 Å². The molecule has 0 radical (unpaired) electrons. The van der Waals surface area contributed by atoms with Crippen LogP contribution in [0.3, 0.4) is 0 Å². The number of anilines is 1. The lowest BCUT2D eigenvalue weighted by molar-refractivity contribution is -0.126. The highest BCUT2D eigenvalue weighted by Gasteiger charge is 2.26. The fourth-order valence-electron chi connectivity index (χ4n) is 3.34. The smallest absolute Gasteiger partial charge is 0.260 e. The van der Waals surface area contributed by atoms with Crippen LogP contribution in [0, 0.1) is 5.82 Å². The molecule has 1 unspecified atom stereocenters. The molecule has 4 aromatic rings. The summed E-state index contributed by atoms with van der Waals surface area (Å²) in [5.41, 5.74) is 2.99. The van der Waals surface area contributed by atoms with Gasteiger partial charge in [0.1, 0.15) is 17.3 Å². The van der Waals surface area contributed by atoms with Gasteiger partial charge in [-0.3, -0.25) is 15.1 Å². The maximum atomic E-state index is 13.4. The minimum absolute atomic E-state index is 0.144. The fraction of sp³-hybridized carbons (Fsp3) is 0.125. The number of hydrogen-bond donors (Lipinski definition) is 1. The molecular weight excluding hydrogens is 413 g/mol. The van der Waals surface area contributed by atoms with E-state index < -0.39 is 12.0 Å². The Morgan fingerprint density at radius 3 is 2.47 bits per heavy atom. The van der Waals surface area contributed by atoms with Gasteiger partial charge in [0.25, 0.3) is 5.91 Å². The number of ether oxygens (including phenoxy) is 2. The van der Waals surface area contributed by atoms with E-state index in [-0.39, 0.29) is 11.7 Å². The summed E-state index contributed by atoms with van der Waals surface area (Å²) in [5, 5.41) is 6.91. The van der Waals surface area contributed by atoms with E-state index in [1.165, 1.54) is 19.2 Å². The third-order valence-corrected chi connectivity index (χ3v) is 4.89. The van der Waals surface area contributed by atoms with Gasteiger partial charge in [0.2, 0.25) is 5.88 Å². The predicted octanol–water partition coefficient (Wildman–Crippen LogP) is 4.88. The molecule has 162 valence electrons. The van der Waals surface area contributed by atoms with Crippen LogP contribution in [0.2, 0.25) is 0 Å². The first kappa shape index (κ1) is 21.2. The van der Waals surface area contributed by atoms with Gasteiger partial charge in [-0.15, -0.1) is 0 Å². The molecule has 0 saturated heterocycles. The minimum Gasteiger partial charge on any atom is -0.497 e. The zero-order valence-corrected chi connectivity index (χ0v) is 17.4. The molecule has 4 rings (SSSR count). The van der Waals surface area contributed by atoms with Crippen molar-refractivity contribution in [3.8, 4) is 28.1 Å². The van der Waals surface area contributed by atoms with Gasteiger partial charge in [0.05, 0.1) is 12.7 Å². The molecular formula is C24H20FN3O4. The molecule has 1 atom stereocenters. The Balaban J connectivity index is 1.71. The van der Waals surface area contributed by atoms with E-state index in [2.05, 4.69) is 15.5 Å². The third kappa shape index (κ3) is 4.35. The second-order valence-corrected chi connectivity index (χ2v) is 6.86. The van der Waals surface area contributed by atoms with E-state index in [9.17, 15) is 9.18 Å². The molecule has 1 N–H and O–H groups in total. The predicted molar refractivity (Wildman–Crippen MR) is 117 cm³/mol. The summed E-state index contributed by atoms with van der Waals surface area (Å²) < 4.78 is 29.6. The van der Waals surface area contributed by atoms with Crippen LogP contribution in [0.25, 0.3) is 22.4 Å². The van der Waals surface area contributed by atoms with Crippen LogP contribution < -0.4 is 10.1 Å². The second-order valence-electron chi connectivity index (χ2n) is 6.86. The molecule has 0 saturated carbocycles. The lowest BCUT2D eigenvalue weighted by Crippen LogP contribution is -2.22. The summed E-state index contributed by atoms with van der Waals surface area (Å²) in [6, 6.07) is 16.4. The quantitative estimate of drug-likeness (QED) is 0.447. The number of methoxy groups -OCH3 is 2. The van der Waals surface area contributed by atoms with E-state index in [0.29, 0.717) is 28.1 Å². The Labute approximate surface area is 183 Å². The third-order valence-electron chi connectivity index (χ3n) is 4.89. The topological polar surface area (TPSA) is 86.5 Å². The van der Waals surface area contributed by atoms with E-state index in [0.717, 1.165) is 5.56 Å². The number of rotatable bonds is 7. The van der Waals surface area contributed by atoms with Crippen molar-refractivity contribution >= 4 is 11.8 Å². The number of carbonyl (C=O) groups is 1. The Morgan fingerprint density at radius 1 is 1.03 bits per heavy atom. The minimum atomic E-state index is -0.908. The molecule has 1 amide bonds. The molecule has 2 heterocycles. The Hall–Kier alpha value is -4.04. The van der Waals surface area contributed by atoms with Crippen LogP contribution in [0.4, 0.5) is 10.3 Å². The normalized spacial score (nSPS) is 11.7. The van der Waals surface area contributed by atoms with Crippen molar-refractivity contribution in [3.05, 3.63) is 84.4 Å². The molecule has 7 nitrogen and oxygen atoms in total. The lowest BCUT2D eigenvalue weighted by Gasteiger charge is -2.16. The maximum absolute atomic E-state index is 13.4. The second kappa shape index (κ2) is 9.40. The summed E-state index contributed by atoms with van der Waals surface area (Å²) in [4.78, 5) is 17.1. The number of pyridine rings is 1. The molecule has 2 aromatic heterocycles. The van der Waals surface area contributed by atoms with Crippen LogP contribution in [0.15, 0.2) is 77.6 Å². The number of amides is 1. The van der Waals surface area contributed by atoms with Crippen molar-refractivity contribution in [2.75, 3.05) is 19.5 Å². The summed E-state index contributed by atoms with van der Waals surface area (Å²) >= 11 is 0. The number of aromatic nitrogens is 2. The summed E-state index contributed by atoms with van der Waals surface area (Å²) in [6.07, 6.45) is 2.34. The van der Waals surface area contributed by atoms with E-state index >= 15 is 0 Å². The van der Waals surface area contributed by atoms with Gasteiger partial charge in [0, 0.05) is 25.1 Å². The highest BCUT2D eigenvalue weighted by molar-refractivity contribution is 5.99. The fourth-order valence-corrected chi connectivity index (χ4v) is 3.34. The Morgan fingerprint density at radius 2 is 1.78 bits per heavy atom. The van der Waals surface area contributed by atoms with Crippen molar-refractivity contribution in [2.24, 2.45) is 0 Å². The maximum Gasteiger partial charge on any atom is 0.260 e. The number of hydrogen-bond acceptors (Lipinski definition) is 6. The van der Waals surface area contributed by atoms with Gasteiger partial charge in [-0.1, -0.05) is 17.3 Å². The SMILES string of the molecule is COc1cccc(C(OC)C(=O)Nc2onc(-c3ccc(F)cc3)c2-c2ccncc2)c1. The van der Waals surface area contributed by atoms with Gasteiger partial charge in [-0.05, 0) is 59.7 Å². The zero-order valence-electron chi connectivity index (χ0n) is 17.4. The van der Waals surface area contributed by atoms with Crippen molar-refractivity contribution in [1.82, 2.24) is 10.1 Å². The van der Waals surface area contributed by atoms with Gasteiger partial charge >= 0.3 is 0 Å². The van der Waals surface area contributed by atoms with Crippen LogP contribution in [-0.4, -0.2) is 30.3 Å². The first-order chi connectivity index (χ1) is 15.6. The van der Waals surface area contributed by atoms with E-state index in [1.54, 1.807) is 68.0 Å². The van der Waals surface area contributed by atoms with Gasteiger partial charge in [-0.25, -0.2) is 4.39 Å². The summed E-state index contributed by atoms with van der Waals surface area (Å²) in [7, 11) is 2.99. The van der Waals surface area contributed by atoms with Gasteiger partial charge in [0.15, 0.2) is 6.10 Å². The Bertz CT molecular complexity index is 1210. The van der Waals surface area contributed by atoms with Crippen LogP contribution >= 0.6 is 0 Å². The zero-order chi connectivity index (χ0) is 22.5. The number of carbonyl (C=O) groups excluding carboxylic acids is 1. The van der Waals surface area contributed by atoms with Crippen LogP contribution in [0.1, 0.15) is 11.7 Å². The highest BCUT2D eigenvalue weighted by atomic mass is 19.1. The van der Waals surface area contributed by atoms with Crippen molar-refractivity contribution in [2.45, 2.75) is 6.10 Å². The lowest BCUT2D eigenvalue weighted by atomic mass is 10.0. The van der Waals surface area contributed by atoms with Crippen molar-refractivity contribution < 1.29 is 23.2 Å². The molecule has 0 aliphatic carbocycles. The van der Waals surface area contributed by atoms with Crippen LogP contribution in [-0.2, 0) is 9.53 Å². The first-order valence-corrected chi connectivity index (χ1v) is 9.74. The molecule has 0 aliphatic heterocycles. The molecule has 32 heavy (non-hydrogen) atoms. The van der Waals surface area contributed by atoms with E-state index in [4.69, 9.17) is 14.0 Å². The molecule has 0 spiro atoms. The average molecular weight is 433 g/mol. The Kier molecular flexibility index (Phi) is 6.23. The monoisotopic (exact) mass is 433 g/mol. The molecule has 0 fully saturated rings. The van der Waals surface area contributed by atoms with Gasteiger partial charge in [-0.2, -0.15) is 0 Å². The standard InChI is InChI=1S/C24H20FN3O4/c1-30-19-5-3-4-17(14-19)22(31-2)23(29)27-24-20(15-10-12-26-13-11-15)21(28-32-24)16-6-8-18(25)9-7-16/h3-14,22H,1-2H3,(H,27,29). The molecule has 0 aliphatic rings. The summed E-state index contributed by atoms with van der Waals surface area (Å²) in [6.45, 7) is 0. The number of nitrogens with zero attached hydrogens (tertiary/aromatic N) is 2.